The molecule has 0 aromatic carbocycles. The lowest BCUT2D eigenvalue weighted by Crippen LogP contribution is -2.17. The maximum atomic E-state index is 10.5. The van der Waals surface area contributed by atoms with E-state index in [1.165, 1.54) is 5.01 Å². The molecule has 0 saturated heterocycles. The van der Waals surface area contributed by atoms with E-state index >= 15 is 0 Å². The fourth-order valence-electron chi connectivity index (χ4n) is 0.568. The van der Waals surface area contributed by atoms with E-state index in [9.17, 15) is 4.79 Å². The van der Waals surface area contributed by atoms with Gasteiger partial charge in [0, 0.05) is 13.8 Å². The zero-order chi connectivity index (χ0) is 9.56. The first-order valence-electron chi connectivity index (χ1n) is 3.46. The molecule has 0 aliphatic carbocycles. The van der Waals surface area contributed by atoms with Crippen LogP contribution in [0.2, 0.25) is 0 Å². The minimum atomic E-state index is -0.575. The summed E-state index contributed by atoms with van der Waals surface area (Å²) in [4.78, 5) is 10.5. The largest absolute Gasteiger partial charge is 0.478 e. The van der Waals surface area contributed by atoms with Gasteiger partial charge in [-0.3, -0.25) is 4.79 Å². The van der Waals surface area contributed by atoms with Gasteiger partial charge in [-0.15, -0.1) is 0 Å². The third-order valence-electron chi connectivity index (χ3n) is 1.09. The second-order valence-corrected chi connectivity index (χ2v) is 1.98. The zero-order valence-corrected chi connectivity index (χ0v) is 7.28. The average molecular weight is 171 g/mol. The lowest BCUT2D eigenvalue weighted by Gasteiger charge is -2.15. The van der Waals surface area contributed by atoms with Crippen molar-refractivity contribution in [1.82, 2.24) is 5.01 Å². The van der Waals surface area contributed by atoms with Crippen molar-refractivity contribution in [1.29, 1.82) is 0 Å². The average Bonchev–Trinajstić information content (AvgIpc) is 2.01. The van der Waals surface area contributed by atoms with Crippen LogP contribution < -0.4 is 5.73 Å². The molecule has 68 valence electrons. The van der Waals surface area contributed by atoms with E-state index in [1.54, 1.807) is 14.0 Å². The van der Waals surface area contributed by atoms with Crippen molar-refractivity contribution in [3.63, 3.8) is 0 Å². The van der Waals surface area contributed by atoms with E-state index < -0.39 is 5.91 Å². The summed E-state index contributed by atoms with van der Waals surface area (Å²) in [5.74, 6) is -0.283. The van der Waals surface area contributed by atoms with Gasteiger partial charge in [0.15, 0.2) is 0 Å². The second kappa shape index (κ2) is 5.17. The van der Waals surface area contributed by atoms with Gasteiger partial charge in [0.25, 0.3) is 0 Å². The number of hydrogen-bond acceptors (Lipinski definition) is 4. The van der Waals surface area contributed by atoms with Crippen LogP contribution in [0.25, 0.3) is 0 Å². The highest BCUT2D eigenvalue weighted by Gasteiger charge is 2.03. The molecule has 0 aliphatic rings. The molecule has 5 heteroatoms. The fourth-order valence-corrected chi connectivity index (χ4v) is 0.568. The smallest absolute Gasteiger partial charge is 0.246 e. The maximum absolute atomic E-state index is 10.5. The minimum absolute atomic E-state index is 0.292. The molecule has 12 heavy (non-hydrogen) atoms. The van der Waals surface area contributed by atoms with Gasteiger partial charge in [-0.05, 0) is 6.92 Å². The number of carbonyl (C=O) groups excluding carboxylic acids is 1. The van der Waals surface area contributed by atoms with Crippen molar-refractivity contribution >= 4 is 12.6 Å². The second-order valence-electron chi connectivity index (χ2n) is 1.98. The number of nitrogens with zero attached hydrogens (tertiary/aromatic N) is 2. The molecule has 0 heterocycles. The molecule has 0 fully saturated rings. The summed E-state index contributed by atoms with van der Waals surface area (Å²) in [6.07, 6.45) is 1.15. The SMILES string of the molecule is C=NN(C)/C(=C/C(N)=O)OCC. The Morgan fingerprint density at radius 1 is 1.83 bits per heavy atom. The van der Waals surface area contributed by atoms with Gasteiger partial charge in [-0.2, -0.15) is 5.10 Å². The van der Waals surface area contributed by atoms with Crippen LogP contribution in [0.5, 0.6) is 0 Å². The van der Waals surface area contributed by atoms with E-state index in [0.29, 0.717) is 12.5 Å². The van der Waals surface area contributed by atoms with Gasteiger partial charge in [-0.1, -0.05) is 0 Å². The Bertz CT molecular complexity index is 201. The first kappa shape index (κ1) is 10.5. The van der Waals surface area contributed by atoms with Crippen LogP contribution in [-0.4, -0.2) is 31.3 Å². The van der Waals surface area contributed by atoms with Crippen molar-refractivity contribution in [2.75, 3.05) is 13.7 Å². The summed E-state index contributed by atoms with van der Waals surface area (Å²) in [6, 6.07) is 0. The summed E-state index contributed by atoms with van der Waals surface area (Å²) < 4.78 is 5.06. The first-order chi connectivity index (χ1) is 5.61. The number of nitrogens with two attached hydrogens (primary N) is 1. The van der Waals surface area contributed by atoms with Crippen molar-refractivity contribution < 1.29 is 9.53 Å². The molecule has 0 saturated carbocycles. The maximum Gasteiger partial charge on any atom is 0.246 e. The Morgan fingerprint density at radius 3 is 2.75 bits per heavy atom. The summed E-state index contributed by atoms with van der Waals surface area (Å²) >= 11 is 0. The number of rotatable bonds is 5. The highest BCUT2D eigenvalue weighted by Crippen LogP contribution is 2.02. The van der Waals surface area contributed by atoms with Crippen LogP contribution in [0.1, 0.15) is 6.92 Å². The third kappa shape index (κ3) is 3.60. The number of ether oxygens (including phenoxy) is 1. The molecule has 0 aliphatic heterocycles. The molecule has 0 radical (unpaired) electrons. The third-order valence-corrected chi connectivity index (χ3v) is 1.09. The molecule has 0 bridgehead atoms. The summed E-state index contributed by atoms with van der Waals surface area (Å²) in [5.41, 5.74) is 4.93. The topological polar surface area (TPSA) is 67.9 Å². The van der Waals surface area contributed by atoms with Crippen molar-refractivity contribution in [2.45, 2.75) is 6.92 Å². The van der Waals surface area contributed by atoms with E-state index in [1.807, 2.05) is 0 Å². The molecule has 0 atom stereocenters. The quantitative estimate of drug-likeness (QED) is 0.272. The van der Waals surface area contributed by atoms with E-state index in [-0.39, 0.29) is 0 Å². The Morgan fingerprint density at radius 2 is 2.42 bits per heavy atom. The number of primary amides is 1. The van der Waals surface area contributed by atoms with Crippen molar-refractivity contribution in [2.24, 2.45) is 10.8 Å². The lowest BCUT2D eigenvalue weighted by atomic mass is 10.5. The number of carbonyl (C=O) groups is 1. The number of amides is 1. The van der Waals surface area contributed by atoms with E-state index in [0.717, 1.165) is 6.08 Å². The van der Waals surface area contributed by atoms with Gasteiger partial charge in [0.05, 0.1) is 12.7 Å². The summed E-state index contributed by atoms with van der Waals surface area (Å²) in [7, 11) is 1.61. The number of hydrazone groups is 1. The van der Waals surface area contributed by atoms with Crippen molar-refractivity contribution in [3.8, 4) is 0 Å². The molecule has 2 N–H and O–H groups in total. The molecule has 0 spiro atoms. The normalized spacial score (nSPS) is 10.7. The monoisotopic (exact) mass is 171 g/mol. The zero-order valence-electron chi connectivity index (χ0n) is 7.28. The van der Waals surface area contributed by atoms with Gasteiger partial charge in [0.2, 0.25) is 11.8 Å². The molecule has 0 aromatic heterocycles. The predicted molar refractivity (Wildman–Crippen MR) is 46.2 cm³/mol. The van der Waals surface area contributed by atoms with Gasteiger partial charge in [0.1, 0.15) is 0 Å². The molecule has 0 aromatic rings. The van der Waals surface area contributed by atoms with Crippen LogP contribution >= 0.6 is 0 Å². The van der Waals surface area contributed by atoms with Crippen LogP contribution in [0.3, 0.4) is 0 Å². The molecule has 5 nitrogen and oxygen atoms in total. The Hall–Kier alpha value is -1.52. The molecular formula is C7H13N3O2. The predicted octanol–water partition coefficient (Wildman–Crippen LogP) is -0.103. The highest BCUT2D eigenvalue weighted by molar-refractivity contribution is 5.86. The molecule has 1 amide bonds. The Labute approximate surface area is 71.5 Å². The molecule has 0 unspecified atom stereocenters. The molecule has 0 rings (SSSR count). The van der Waals surface area contributed by atoms with Crippen LogP contribution in [0.15, 0.2) is 17.1 Å². The fraction of sp³-hybridized carbons (Fsp3) is 0.429. The first-order valence-corrected chi connectivity index (χ1v) is 3.46. The summed E-state index contributed by atoms with van der Waals surface area (Å²) in [5, 5.41) is 4.87. The van der Waals surface area contributed by atoms with E-state index in [4.69, 9.17) is 10.5 Å². The van der Waals surface area contributed by atoms with Crippen LogP contribution in [0, 0.1) is 0 Å². The van der Waals surface area contributed by atoms with E-state index in [2.05, 4.69) is 11.8 Å². The van der Waals surface area contributed by atoms with Gasteiger partial charge >= 0.3 is 0 Å². The molecular weight excluding hydrogens is 158 g/mol. The minimum Gasteiger partial charge on any atom is -0.478 e. The standard InChI is InChI=1S/C7H13N3O2/c1-4-12-7(5-6(8)11)10(3)9-2/h5H,2,4H2,1,3H3,(H2,8,11)/b7-5-. The Balaban J connectivity index is 4.41. The number of hydrogen-bond donors (Lipinski definition) is 1. The van der Waals surface area contributed by atoms with Gasteiger partial charge < -0.3 is 10.5 Å². The van der Waals surface area contributed by atoms with Gasteiger partial charge in [-0.25, -0.2) is 5.01 Å². The van der Waals surface area contributed by atoms with Crippen LogP contribution in [-0.2, 0) is 9.53 Å². The highest BCUT2D eigenvalue weighted by atomic mass is 16.5. The van der Waals surface area contributed by atoms with Crippen molar-refractivity contribution in [3.05, 3.63) is 12.0 Å². The lowest BCUT2D eigenvalue weighted by molar-refractivity contribution is -0.113. The Kier molecular flexibility index (Phi) is 4.52. The summed E-state index contributed by atoms with van der Waals surface area (Å²) in [6.45, 7) is 5.51. The van der Waals surface area contributed by atoms with Crippen LogP contribution in [0.4, 0.5) is 0 Å².